The molecule has 0 radical (unpaired) electrons. The van der Waals surface area contributed by atoms with Crippen LogP contribution in [0.15, 0.2) is 144 Å². The van der Waals surface area contributed by atoms with Gasteiger partial charge in [-0.25, -0.2) is 0 Å². The lowest BCUT2D eigenvalue weighted by Crippen LogP contribution is -2.88. The Morgan fingerprint density at radius 1 is 0.510 bits per heavy atom. The number of benzene rings is 7. The summed E-state index contributed by atoms with van der Waals surface area (Å²) < 4.78 is 8.68. The fourth-order valence-electron chi connectivity index (χ4n) is 13.3. The highest BCUT2D eigenvalue weighted by Crippen LogP contribution is 2.94. The third-order valence-electron chi connectivity index (χ3n) is 15.1. The van der Waals surface area contributed by atoms with Gasteiger partial charge in [-0.2, -0.15) is 0 Å². The lowest BCUT2D eigenvalue weighted by atomic mass is 9.11. The molecule has 0 bridgehead atoms. The number of hydrogen-bond donors (Lipinski definition) is 0. The molecule has 9 aromatic rings. The van der Waals surface area contributed by atoms with Crippen LogP contribution in [0.5, 0.6) is 0 Å². The number of nitrogens with zero attached hydrogens (tertiary/aromatic N) is 1. The first kappa shape index (κ1) is 26.2. The SMILES string of the molecule is c1ccc2c(c1)-c1cc(-c3ccc4c(c3)c3c5ccccc5ccc3n4-c3ccc4oc5ccccc5c4c3)ccc1C21C2CC3CC4CC1C342. The molecule has 2 nitrogen and oxygen atoms in total. The normalized spacial score (nSPS) is 27.5. The summed E-state index contributed by atoms with van der Waals surface area (Å²) in [6, 6.07) is 52.6. The van der Waals surface area contributed by atoms with E-state index in [9.17, 15) is 0 Å². The topological polar surface area (TPSA) is 18.1 Å². The average Bonchev–Trinajstić information content (AvgIpc) is 3.79. The van der Waals surface area contributed by atoms with Gasteiger partial charge < -0.3 is 8.98 Å². The summed E-state index contributed by atoms with van der Waals surface area (Å²) in [5, 5.41) is 7.47. The summed E-state index contributed by atoms with van der Waals surface area (Å²) >= 11 is 0. The molecule has 4 saturated carbocycles. The highest BCUT2D eigenvalue weighted by Gasteiger charge is 2.90. The number of rotatable bonds is 2. The van der Waals surface area contributed by atoms with Crippen molar-refractivity contribution in [2.75, 3.05) is 0 Å². The second-order valence-corrected chi connectivity index (χ2v) is 16.4. The van der Waals surface area contributed by atoms with Gasteiger partial charge in [-0.3, -0.25) is 0 Å². The van der Waals surface area contributed by atoms with Crippen molar-refractivity contribution in [2.24, 2.45) is 29.1 Å². The van der Waals surface area contributed by atoms with Crippen molar-refractivity contribution in [3.8, 4) is 27.9 Å². The Morgan fingerprint density at radius 3 is 2.14 bits per heavy atom. The van der Waals surface area contributed by atoms with E-state index in [1.54, 1.807) is 11.1 Å². The summed E-state index contributed by atoms with van der Waals surface area (Å²) in [6.07, 6.45) is 4.40. The fourth-order valence-corrected chi connectivity index (χ4v) is 13.3. The first-order valence-electron chi connectivity index (χ1n) is 18.9. The minimum atomic E-state index is 0.260. The van der Waals surface area contributed by atoms with Crippen LogP contribution in [0.4, 0.5) is 0 Å². The second kappa shape index (κ2) is 8.46. The Labute approximate surface area is 294 Å². The van der Waals surface area contributed by atoms with Crippen LogP contribution in [0, 0.1) is 29.1 Å². The molecular weight excluding hydrogens is 619 g/mol. The predicted octanol–water partition coefficient (Wildman–Crippen LogP) is 12.4. The van der Waals surface area contributed by atoms with Crippen molar-refractivity contribution < 1.29 is 4.42 Å². The van der Waals surface area contributed by atoms with Gasteiger partial charge in [-0.05, 0) is 141 Å². The lowest BCUT2D eigenvalue weighted by molar-refractivity contribution is -0.412. The Balaban J connectivity index is 0.985. The van der Waals surface area contributed by atoms with E-state index in [0.717, 1.165) is 51.3 Å². The Hall–Kier alpha value is -5.60. The first-order valence-corrected chi connectivity index (χ1v) is 18.9. The van der Waals surface area contributed by atoms with Gasteiger partial charge >= 0.3 is 0 Å². The molecule has 2 aromatic heterocycles. The van der Waals surface area contributed by atoms with Crippen LogP contribution < -0.4 is 0 Å². The summed E-state index contributed by atoms with van der Waals surface area (Å²) in [6.45, 7) is 0. The van der Waals surface area contributed by atoms with Crippen LogP contribution in [0.3, 0.4) is 0 Å². The number of aromatic nitrogens is 1. The van der Waals surface area contributed by atoms with Crippen LogP contribution in [0.2, 0.25) is 0 Å². The predicted molar refractivity (Wildman–Crippen MR) is 207 cm³/mol. The summed E-state index contributed by atoms with van der Waals surface area (Å²) in [7, 11) is 0. The third-order valence-corrected chi connectivity index (χ3v) is 15.1. The monoisotopic (exact) mass is 651 g/mol. The maximum atomic E-state index is 6.23. The molecule has 240 valence electrons. The van der Waals surface area contributed by atoms with E-state index in [-0.39, 0.29) is 5.41 Å². The van der Waals surface area contributed by atoms with Gasteiger partial charge in [-0.1, -0.05) is 91.0 Å². The fraction of sp³-hybridized carbons (Fsp3) is 0.184. The molecule has 5 aliphatic carbocycles. The molecule has 0 N–H and O–H groups in total. The van der Waals surface area contributed by atoms with Crippen molar-refractivity contribution in [3.05, 3.63) is 151 Å². The van der Waals surface area contributed by atoms with Gasteiger partial charge in [0.2, 0.25) is 0 Å². The molecule has 0 saturated heterocycles. The zero-order chi connectivity index (χ0) is 32.8. The molecule has 14 rings (SSSR count). The Kier molecular flexibility index (Phi) is 4.36. The molecule has 2 spiro atoms. The van der Waals surface area contributed by atoms with Crippen molar-refractivity contribution in [1.82, 2.24) is 4.57 Å². The van der Waals surface area contributed by atoms with Crippen LogP contribution in [0.1, 0.15) is 30.4 Å². The van der Waals surface area contributed by atoms with Crippen molar-refractivity contribution >= 4 is 54.5 Å². The third kappa shape index (κ3) is 2.72. The van der Waals surface area contributed by atoms with Gasteiger partial charge in [0, 0.05) is 32.6 Å². The highest BCUT2D eigenvalue weighted by atomic mass is 16.3. The molecule has 0 aliphatic heterocycles. The molecule has 5 aliphatic rings. The molecule has 4 fully saturated rings. The highest BCUT2D eigenvalue weighted by molar-refractivity contribution is 6.22. The summed E-state index contributed by atoms with van der Waals surface area (Å²) in [5.41, 5.74) is 15.3. The largest absolute Gasteiger partial charge is 0.456 e. The number of fused-ring (bicyclic) bond motifs is 15. The molecular formula is C49H33NO. The molecule has 0 amide bonds. The average molecular weight is 652 g/mol. The molecule has 4 atom stereocenters. The maximum Gasteiger partial charge on any atom is 0.135 e. The second-order valence-electron chi connectivity index (χ2n) is 16.4. The minimum Gasteiger partial charge on any atom is -0.456 e. The van der Waals surface area contributed by atoms with Gasteiger partial charge in [0.15, 0.2) is 0 Å². The van der Waals surface area contributed by atoms with E-state index in [1.165, 1.54) is 74.1 Å². The van der Waals surface area contributed by atoms with Crippen LogP contribution in [-0.2, 0) is 5.41 Å². The van der Waals surface area contributed by atoms with Crippen molar-refractivity contribution in [1.29, 1.82) is 0 Å². The quantitative estimate of drug-likeness (QED) is 0.182. The van der Waals surface area contributed by atoms with E-state index in [0.29, 0.717) is 5.41 Å². The lowest BCUT2D eigenvalue weighted by Gasteiger charge is -2.92. The number of hydrogen-bond acceptors (Lipinski definition) is 1. The standard InChI is InChI=1S/C49H33NO/c1-2-8-33-27(7-1)14-19-42-47(33)38-22-29(15-18-41(38)50(42)32-16-20-44-37(26-32)35-10-4-6-12-43(35)51-44)28-13-17-40-36(21-28)34-9-3-5-11-39(34)49(40)45-24-30-23-31-25-46(49)48(30,31)45/h1-22,26,30-31,45-46H,23-25H2. The Bertz CT molecular complexity index is 3040. The van der Waals surface area contributed by atoms with Crippen LogP contribution in [0.25, 0.3) is 82.5 Å². The van der Waals surface area contributed by atoms with E-state index >= 15 is 0 Å². The smallest absolute Gasteiger partial charge is 0.135 e. The van der Waals surface area contributed by atoms with Gasteiger partial charge in [0.25, 0.3) is 0 Å². The molecule has 51 heavy (non-hydrogen) atoms. The van der Waals surface area contributed by atoms with E-state index < -0.39 is 0 Å². The molecule has 2 heteroatoms. The molecule has 7 aromatic carbocycles. The minimum absolute atomic E-state index is 0.260. The van der Waals surface area contributed by atoms with Crippen molar-refractivity contribution in [3.63, 3.8) is 0 Å². The van der Waals surface area contributed by atoms with E-state index in [2.05, 4.69) is 138 Å². The number of para-hydroxylation sites is 1. The summed E-state index contributed by atoms with van der Waals surface area (Å²) in [4.78, 5) is 0. The van der Waals surface area contributed by atoms with Crippen LogP contribution in [-0.4, -0.2) is 4.57 Å². The zero-order valence-corrected chi connectivity index (χ0v) is 28.1. The zero-order valence-electron chi connectivity index (χ0n) is 28.1. The van der Waals surface area contributed by atoms with Crippen molar-refractivity contribution in [2.45, 2.75) is 24.7 Å². The van der Waals surface area contributed by atoms with E-state index in [4.69, 9.17) is 4.42 Å². The molecule has 2 heterocycles. The number of furan rings is 1. The Morgan fingerprint density at radius 2 is 1.24 bits per heavy atom. The summed E-state index contributed by atoms with van der Waals surface area (Å²) in [5.74, 6) is 3.77. The maximum absolute atomic E-state index is 6.23. The van der Waals surface area contributed by atoms with Gasteiger partial charge in [-0.15, -0.1) is 0 Å². The van der Waals surface area contributed by atoms with Gasteiger partial charge in [0.1, 0.15) is 11.2 Å². The molecule has 4 unspecified atom stereocenters. The van der Waals surface area contributed by atoms with Gasteiger partial charge in [0.05, 0.1) is 11.0 Å². The van der Waals surface area contributed by atoms with E-state index in [1.807, 2.05) is 6.07 Å². The van der Waals surface area contributed by atoms with Crippen LogP contribution >= 0.6 is 0 Å². The first-order chi connectivity index (χ1) is 25.2.